The Bertz CT molecular complexity index is 902. The van der Waals surface area contributed by atoms with E-state index in [9.17, 15) is 14.4 Å². The number of carbonyl (C=O) groups is 3. The average Bonchev–Trinajstić information content (AvgIpc) is 3.20. The van der Waals surface area contributed by atoms with Crippen molar-refractivity contribution in [2.75, 3.05) is 41.0 Å². The summed E-state index contributed by atoms with van der Waals surface area (Å²) in [6, 6.07) is 0.400. The maximum atomic E-state index is 13.1. The minimum Gasteiger partial charge on any atom is -0.468 e. The van der Waals surface area contributed by atoms with Gasteiger partial charge >= 0.3 is 18.0 Å². The Morgan fingerprint density at radius 3 is 2.57 bits per heavy atom. The van der Waals surface area contributed by atoms with Crippen molar-refractivity contribution in [2.24, 2.45) is 4.99 Å². The molecule has 1 unspecified atom stereocenters. The minimum atomic E-state index is -0.860. The number of ether oxygens (including phenoxy) is 2. The van der Waals surface area contributed by atoms with E-state index in [-0.39, 0.29) is 5.84 Å². The Hall–Kier alpha value is -3.08. The average molecular weight is 391 g/mol. The summed E-state index contributed by atoms with van der Waals surface area (Å²) in [6.45, 7) is 3.96. The van der Waals surface area contributed by atoms with Crippen LogP contribution in [0.15, 0.2) is 11.1 Å². The number of carbonyl (C=O) groups excluding carboxylic acids is 3. The maximum absolute atomic E-state index is 13.1. The van der Waals surface area contributed by atoms with Crippen molar-refractivity contribution >= 4 is 29.7 Å². The molecule has 3 rings (SSSR count). The summed E-state index contributed by atoms with van der Waals surface area (Å²) in [5.74, 6) is -0.509. The van der Waals surface area contributed by atoms with Crippen molar-refractivity contribution in [2.45, 2.75) is 19.9 Å². The Kier molecular flexibility index (Phi) is 5.27. The topological polar surface area (TPSA) is 109 Å². The molecule has 28 heavy (non-hydrogen) atoms. The molecule has 11 heteroatoms. The molecule has 1 aromatic heterocycles. The first-order valence-electron chi connectivity index (χ1n) is 8.70. The van der Waals surface area contributed by atoms with Crippen LogP contribution in [0, 0.1) is 13.8 Å². The Balaban J connectivity index is 2.08. The first kappa shape index (κ1) is 19.7. The van der Waals surface area contributed by atoms with E-state index in [1.807, 2.05) is 19.9 Å². The number of methoxy groups -OCH3 is 2. The fourth-order valence-corrected chi connectivity index (χ4v) is 3.26. The quantitative estimate of drug-likeness (QED) is 0.481. The number of aromatic nitrogens is 2. The Morgan fingerprint density at radius 2 is 2.00 bits per heavy atom. The van der Waals surface area contributed by atoms with E-state index in [1.54, 1.807) is 16.4 Å². The van der Waals surface area contributed by atoms with Gasteiger partial charge in [0.05, 0.1) is 26.0 Å². The predicted octanol–water partition coefficient (Wildman–Crippen LogP) is -0.789. The molecular weight excluding hydrogens is 368 g/mol. The number of likely N-dealkylation sites (N-methyl/N-ethyl adjacent to an activating group) is 1. The number of hydrogen-bond acceptors (Lipinski definition) is 7. The minimum absolute atomic E-state index is 0.287. The van der Waals surface area contributed by atoms with Crippen LogP contribution in [0.25, 0.3) is 0 Å². The van der Waals surface area contributed by atoms with Crippen LogP contribution in [0.1, 0.15) is 11.4 Å². The van der Waals surface area contributed by atoms with Crippen molar-refractivity contribution in [3.8, 4) is 0 Å². The van der Waals surface area contributed by atoms with Gasteiger partial charge in [0.1, 0.15) is 12.2 Å². The third-order valence-corrected chi connectivity index (χ3v) is 4.64. The lowest BCUT2D eigenvalue weighted by atomic mass is 10.1. The van der Waals surface area contributed by atoms with Crippen LogP contribution in [0.3, 0.4) is 0 Å². The van der Waals surface area contributed by atoms with E-state index in [4.69, 9.17) is 4.74 Å². The lowest BCUT2D eigenvalue weighted by Gasteiger charge is -2.33. The number of fused-ring (bicyclic) bond motifs is 1. The molecule has 2 aliphatic rings. The maximum Gasteiger partial charge on any atom is 0.421 e. The van der Waals surface area contributed by atoms with Gasteiger partial charge in [0.15, 0.2) is 0 Å². The molecule has 3 heterocycles. The zero-order valence-electron chi connectivity index (χ0n) is 16.5. The number of rotatable bonds is 5. The summed E-state index contributed by atoms with van der Waals surface area (Å²) >= 11 is 0. The van der Waals surface area contributed by atoms with E-state index < -0.39 is 30.5 Å². The number of esters is 1. The van der Waals surface area contributed by atoms with E-state index >= 15 is 0 Å². The van der Waals surface area contributed by atoms with Gasteiger partial charge in [0, 0.05) is 14.2 Å². The standard InChI is InChI=1S/C17H23N6O5/c1-10-8-11(2)23(19-10)16-18-14-13(21(16)6-7-27-4)15(25)22(9-12(24)28-5)17(26)20(14)3/h8,13H,6-7,9H2,1-5H3/q+1. The molecular formula is C17H23N6O5+. The van der Waals surface area contributed by atoms with Crippen molar-refractivity contribution in [1.29, 1.82) is 0 Å². The van der Waals surface area contributed by atoms with Gasteiger partial charge in [-0.2, -0.15) is 0 Å². The van der Waals surface area contributed by atoms with Crippen LogP contribution >= 0.6 is 0 Å². The summed E-state index contributed by atoms with van der Waals surface area (Å²) in [5.41, 5.74) is 1.64. The molecule has 2 aliphatic heterocycles. The number of imide groups is 1. The largest absolute Gasteiger partial charge is 0.468 e. The molecule has 0 aliphatic carbocycles. The van der Waals surface area contributed by atoms with Crippen LogP contribution in [-0.2, 0) is 19.1 Å². The molecule has 0 saturated carbocycles. The molecule has 0 aromatic carbocycles. The fourth-order valence-electron chi connectivity index (χ4n) is 3.26. The SMILES string of the molecule is COCC[N+]1=C(n2nc(C)cc2C)N=C2C1C(=O)N(CC(=O)OC)C(=O)N2C. The molecule has 1 atom stereocenters. The van der Waals surface area contributed by atoms with Gasteiger partial charge in [-0.25, -0.2) is 14.3 Å². The molecule has 1 aromatic rings. The molecule has 0 radical (unpaired) electrons. The van der Waals surface area contributed by atoms with Crippen molar-refractivity contribution in [1.82, 2.24) is 19.6 Å². The van der Waals surface area contributed by atoms with Gasteiger partial charge in [0.25, 0.3) is 5.91 Å². The zero-order valence-corrected chi connectivity index (χ0v) is 16.5. The van der Waals surface area contributed by atoms with Gasteiger partial charge in [-0.1, -0.05) is 4.99 Å². The highest BCUT2D eigenvalue weighted by Gasteiger charge is 2.53. The lowest BCUT2D eigenvalue weighted by Crippen LogP contribution is -2.63. The number of amidine groups is 1. The monoisotopic (exact) mass is 391 g/mol. The highest BCUT2D eigenvalue weighted by Crippen LogP contribution is 2.21. The van der Waals surface area contributed by atoms with Gasteiger partial charge in [-0.05, 0) is 19.9 Å². The zero-order chi connectivity index (χ0) is 20.6. The molecule has 1 saturated heterocycles. The highest BCUT2D eigenvalue weighted by atomic mass is 16.5. The van der Waals surface area contributed by atoms with E-state index in [0.717, 1.165) is 16.3 Å². The fraction of sp³-hybridized carbons (Fsp3) is 0.529. The Morgan fingerprint density at radius 1 is 1.29 bits per heavy atom. The molecule has 0 N–H and O–H groups in total. The van der Waals surface area contributed by atoms with Crippen LogP contribution in [0.2, 0.25) is 0 Å². The summed E-state index contributed by atoms with van der Waals surface area (Å²) in [6.07, 6.45) is 0. The molecule has 150 valence electrons. The van der Waals surface area contributed by atoms with Crippen LogP contribution in [-0.4, -0.2) is 101 Å². The van der Waals surface area contributed by atoms with Gasteiger partial charge in [-0.3, -0.25) is 14.5 Å². The van der Waals surface area contributed by atoms with Crippen molar-refractivity contribution < 1.29 is 28.4 Å². The number of nitrogens with zero attached hydrogens (tertiary/aromatic N) is 6. The first-order chi connectivity index (χ1) is 13.3. The molecule has 0 spiro atoms. The Labute approximate surface area is 161 Å². The second-order valence-corrected chi connectivity index (χ2v) is 6.54. The number of aryl methyl sites for hydroxylation is 2. The van der Waals surface area contributed by atoms with E-state index in [1.165, 1.54) is 19.1 Å². The molecule has 0 bridgehead atoms. The van der Waals surface area contributed by atoms with Crippen LogP contribution in [0.5, 0.6) is 0 Å². The molecule has 3 amide bonds. The molecule has 11 nitrogen and oxygen atoms in total. The first-order valence-corrected chi connectivity index (χ1v) is 8.70. The van der Waals surface area contributed by atoms with Crippen molar-refractivity contribution in [3.05, 3.63) is 17.5 Å². The second kappa shape index (κ2) is 7.50. The van der Waals surface area contributed by atoms with Crippen molar-refractivity contribution in [3.63, 3.8) is 0 Å². The van der Waals surface area contributed by atoms with Gasteiger partial charge < -0.3 is 9.47 Å². The van der Waals surface area contributed by atoms with E-state index in [0.29, 0.717) is 19.1 Å². The number of aliphatic imine (C=N–C) groups is 1. The van der Waals surface area contributed by atoms with Crippen LogP contribution < -0.4 is 0 Å². The summed E-state index contributed by atoms with van der Waals surface area (Å²) in [4.78, 5) is 44.1. The second-order valence-electron chi connectivity index (χ2n) is 6.54. The number of amides is 3. The summed E-state index contributed by atoms with van der Waals surface area (Å²) in [5, 5.41) is 4.45. The number of hydrogen-bond donors (Lipinski definition) is 0. The predicted molar refractivity (Wildman–Crippen MR) is 97.2 cm³/mol. The van der Waals surface area contributed by atoms with Gasteiger partial charge in [-0.15, -0.1) is 9.78 Å². The van der Waals surface area contributed by atoms with Crippen LogP contribution in [0.4, 0.5) is 4.79 Å². The lowest BCUT2D eigenvalue weighted by molar-refractivity contribution is -0.539. The third kappa shape index (κ3) is 3.17. The van der Waals surface area contributed by atoms with E-state index in [2.05, 4.69) is 14.8 Å². The summed E-state index contributed by atoms with van der Waals surface area (Å²) < 4.78 is 13.2. The third-order valence-electron chi connectivity index (χ3n) is 4.64. The normalized spacial score (nSPS) is 19.3. The number of urea groups is 1. The highest BCUT2D eigenvalue weighted by molar-refractivity contribution is 6.23. The summed E-state index contributed by atoms with van der Waals surface area (Å²) in [7, 11) is 4.28. The molecule has 1 fully saturated rings. The smallest absolute Gasteiger partial charge is 0.421 e. The van der Waals surface area contributed by atoms with Gasteiger partial charge in [0.2, 0.25) is 11.9 Å².